The zero-order valence-corrected chi connectivity index (χ0v) is 18.9. The van der Waals surface area contributed by atoms with Crippen LogP contribution in [0.25, 0.3) is 16.9 Å². The van der Waals surface area contributed by atoms with Crippen molar-refractivity contribution >= 4 is 17.8 Å². The first-order valence-corrected chi connectivity index (χ1v) is 10.3. The molecule has 32 heavy (non-hydrogen) atoms. The molecule has 0 radical (unpaired) electrons. The number of aromatic nitrogens is 3. The van der Waals surface area contributed by atoms with Gasteiger partial charge in [0.15, 0.2) is 11.9 Å². The number of hydrogen-bond acceptors (Lipinski definition) is 6. The number of aliphatic hydroxyl groups is 1. The van der Waals surface area contributed by atoms with Crippen molar-refractivity contribution in [2.24, 2.45) is 0 Å². The Kier molecular flexibility index (Phi) is 6.43. The zero-order valence-electron chi connectivity index (χ0n) is 18.9. The summed E-state index contributed by atoms with van der Waals surface area (Å²) in [5.74, 6) is -0.209. The van der Waals surface area contributed by atoms with Gasteiger partial charge >= 0.3 is 0 Å². The second kappa shape index (κ2) is 8.76. The highest BCUT2D eigenvalue weighted by molar-refractivity contribution is 5.86. The summed E-state index contributed by atoms with van der Waals surface area (Å²) in [6.07, 6.45) is 2.12. The van der Waals surface area contributed by atoms with E-state index in [1.807, 2.05) is 20.9 Å². The number of likely N-dealkylation sites (N-methyl/N-ethyl adjacent to an activating group) is 1. The molecule has 3 aromatic rings. The number of rotatable bonds is 3. The van der Waals surface area contributed by atoms with Crippen molar-refractivity contribution in [1.82, 2.24) is 24.8 Å². The van der Waals surface area contributed by atoms with Crippen molar-refractivity contribution < 1.29 is 19.1 Å². The molecule has 1 aliphatic rings. The van der Waals surface area contributed by atoms with Crippen LogP contribution >= 0.6 is 0 Å². The third kappa shape index (κ3) is 4.84. The van der Waals surface area contributed by atoms with Gasteiger partial charge in [0.2, 0.25) is 5.91 Å². The summed E-state index contributed by atoms with van der Waals surface area (Å²) in [5, 5.41) is 17.6. The Bertz CT molecular complexity index is 1130. The standard InChI is InChI=1S/C16H14FN3O2.C7H14N2O/c1-16(2,22)13-7-14(10-3-5-11(17)6-4-10)19-20-8-12(9-21)18-15(13)20;1-7(2)6(10)8-4-5-9(7)3/h3-9,22H,1-2H3;4-5H2,1-3H3,(H,8,10). The fourth-order valence-electron chi connectivity index (χ4n) is 3.27. The maximum Gasteiger partial charge on any atom is 0.239 e. The Labute approximate surface area is 186 Å². The minimum Gasteiger partial charge on any atom is -0.386 e. The first-order chi connectivity index (χ1) is 14.9. The minimum absolute atomic E-state index is 0.126. The second-order valence-electron chi connectivity index (χ2n) is 8.80. The zero-order chi connectivity index (χ0) is 23.7. The molecule has 0 saturated carbocycles. The number of aldehydes is 1. The molecule has 170 valence electrons. The van der Waals surface area contributed by atoms with E-state index in [4.69, 9.17) is 0 Å². The summed E-state index contributed by atoms with van der Waals surface area (Å²) in [6, 6.07) is 7.60. The minimum atomic E-state index is -1.16. The van der Waals surface area contributed by atoms with E-state index in [1.54, 1.807) is 32.0 Å². The van der Waals surface area contributed by atoms with Crippen LogP contribution in [0, 0.1) is 5.82 Å². The van der Waals surface area contributed by atoms with Crippen LogP contribution < -0.4 is 5.32 Å². The van der Waals surface area contributed by atoms with Crippen molar-refractivity contribution in [3.8, 4) is 11.3 Å². The molecule has 8 nitrogen and oxygen atoms in total. The van der Waals surface area contributed by atoms with E-state index >= 15 is 0 Å². The molecule has 9 heteroatoms. The first-order valence-electron chi connectivity index (χ1n) is 10.3. The van der Waals surface area contributed by atoms with Gasteiger partial charge in [-0.05, 0) is 65.1 Å². The number of piperazine rings is 1. The molecule has 1 aromatic carbocycles. The summed E-state index contributed by atoms with van der Waals surface area (Å²) in [5.41, 5.74) is 0.960. The van der Waals surface area contributed by atoms with E-state index in [0.717, 1.165) is 13.1 Å². The molecular weight excluding hydrogens is 413 g/mol. The number of nitrogens with zero attached hydrogens (tertiary/aromatic N) is 4. The molecular formula is C23H28FN5O3. The monoisotopic (exact) mass is 441 g/mol. The molecule has 0 bridgehead atoms. The van der Waals surface area contributed by atoms with Gasteiger partial charge in [-0.1, -0.05) is 0 Å². The number of hydrogen-bond donors (Lipinski definition) is 2. The summed E-state index contributed by atoms with van der Waals surface area (Å²) in [7, 11) is 1.97. The second-order valence-corrected chi connectivity index (χ2v) is 8.80. The lowest BCUT2D eigenvalue weighted by Gasteiger charge is -2.38. The van der Waals surface area contributed by atoms with Crippen LogP contribution in [-0.4, -0.2) is 62.5 Å². The van der Waals surface area contributed by atoms with E-state index in [1.165, 1.54) is 22.8 Å². The first kappa shape index (κ1) is 23.5. The van der Waals surface area contributed by atoms with Crippen LogP contribution in [-0.2, 0) is 10.4 Å². The fourth-order valence-corrected chi connectivity index (χ4v) is 3.27. The number of carbonyl (C=O) groups is 2. The molecule has 0 spiro atoms. The summed E-state index contributed by atoms with van der Waals surface area (Å²) < 4.78 is 14.5. The van der Waals surface area contributed by atoms with Gasteiger partial charge in [-0.15, -0.1) is 0 Å². The predicted molar refractivity (Wildman–Crippen MR) is 119 cm³/mol. The lowest BCUT2D eigenvalue weighted by Crippen LogP contribution is -2.60. The van der Waals surface area contributed by atoms with Gasteiger partial charge in [0.25, 0.3) is 0 Å². The van der Waals surface area contributed by atoms with Gasteiger partial charge in [-0.3, -0.25) is 14.5 Å². The summed E-state index contributed by atoms with van der Waals surface area (Å²) in [6.45, 7) is 8.85. The van der Waals surface area contributed by atoms with Gasteiger partial charge in [0.1, 0.15) is 11.5 Å². The van der Waals surface area contributed by atoms with Crippen LogP contribution in [0.1, 0.15) is 43.7 Å². The normalized spacial score (nSPS) is 16.3. The number of carbonyl (C=O) groups excluding carboxylic acids is 2. The Hall–Kier alpha value is -3.17. The van der Waals surface area contributed by atoms with Gasteiger partial charge in [0, 0.05) is 24.2 Å². The van der Waals surface area contributed by atoms with E-state index in [-0.39, 0.29) is 23.0 Å². The molecule has 1 fully saturated rings. The Balaban J connectivity index is 0.000000243. The lowest BCUT2D eigenvalue weighted by molar-refractivity contribution is -0.133. The molecule has 0 unspecified atom stereocenters. The van der Waals surface area contributed by atoms with E-state index < -0.39 is 5.60 Å². The number of benzene rings is 1. The van der Waals surface area contributed by atoms with E-state index in [0.29, 0.717) is 28.8 Å². The highest BCUT2D eigenvalue weighted by Gasteiger charge is 2.34. The molecule has 3 heterocycles. The van der Waals surface area contributed by atoms with Crippen LogP contribution in [0.2, 0.25) is 0 Å². The maximum atomic E-state index is 13.1. The Morgan fingerprint density at radius 2 is 1.91 bits per heavy atom. The van der Waals surface area contributed by atoms with Crippen LogP contribution in [0.3, 0.4) is 0 Å². The fraction of sp³-hybridized carbons (Fsp3) is 0.391. The third-order valence-electron chi connectivity index (χ3n) is 5.61. The SMILES string of the molecule is CC(C)(O)c1cc(-c2ccc(F)cc2)nn2cc(C=O)nc12.CN1CCNC(=O)C1(C)C. The highest BCUT2D eigenvalue weighted by atomic mass is 19.1. The van der Waals surface area contributed by atoms with Crippen molar-refractivity contribution in [3.05, 3.63) is 53.6 Å². The molecule has 2 N–H and O–H groups in total. The average Bonchev–Trinajstić information content (AvgIpc) is 3.15. The molecule has 2 aromatic heterocycles. The van der Waals surface area contributed by atoms with Crippen LogP contribution in [0.4, 0.5) is 4.39 Å². The smallest absolute Gasteiger partial charge is 0.239 e. The maximum absolute atomic E-state index is 13.1. The quantitative estimate of drug-likeness (QED) is 0.606. The van der Waals surface area contributed by atoms with E-state index in [2.05, 4.69) is 20.3 Å². The topological polar surface area (TPSA) is 99.8 Å². The number of halogens is 1. The van der Waals surface area contributed by atoms with Crippen molar-refractivity contribution in [2.45, 2.75) is 38.8 Å². The van der Waals surface area contributed by atoms with E-state index in [9.17, 15) is 19.1 Å². The molecule has 0 aliphatic carbocycles. The number of fused-ring (bicyclic) bond motifs is 1. The highest BCUT2D eigenvalue weighted by Crippen LogP contribution is 2.28. The summed E-state index contributed by atoms with van der Waals surface area (Å²) >= 11 is 0. The van der Waals surface area contributed by atoms with Gasteiger partial charge in [0.05, 0.1) is 23.0 Å². The molecule has 4 rings (SSSR count). The lowest BCUT2D eigenvalue weighted by atomic mass is 9.98. The van der Waals surface area contributed by atoms with Crippen molar-refractivity contribution in [3.63, 3.8) is 0 Å². The number of amides is 1. The predicted octanol–water partition coefficient (Wildman–Crippen LogP) is 2.40. The van der Waals surface area contributed by atoms with Gasteiger partial charge in [-0.25, -0.2) is 13.9 Å². The number of imidazole rings is 1. The third-order valence-corrected chi connectivity index (χ3v) is 5.61. The van der Waals surface area contributed by atoms with Gasteiger partial charge in [-0.2, -0.15) is 5.10 Å². The Morgan fingerprint density at radius 3 is 2.44 bits per heavy atom. The molecule has 1 saturated heterocycles. The van der Waals surface area contributed by atoms with Crippen LogP contribution in [0.5, 0.6) is 0 Å². The largest absolute Gasteiger partial charge is 0.386 e. The summed E-state index contributed by atoms with van der Waals surface area (Å²) in [4.78, 5) is 28.3. The molecule has 0 atom stereocenters. The van der Waals surface area contributed by atoms with Crippen molar-refractivity contribution in [1.29, 1.82) is 0 Å². The number of nitrogens with one attached hydrogen (secondary N) is 1. The van der Waals surface area contributed by atoms with Crippen molar-refractivity contribution in [2.75, 3.05) is 20.1 Å². The molecule has 1 aliphatic heterocycles. The van der Waals surface area contributed by atoms with Crippen LogP contribution in [0.15, 0.2) is 36.5 Å². The molecule has 1 amide bonds. The average molecular weight is 442 g/mol. The Morgan fingerprint density at radius 1 is 1.25 bits per heavy atom. The van der Waals surface area contributed by atoms with Gasteiger partial charge < -0.3 is 10.4 Å².